The van der Waals surface area contributed by atoms with Crippen molar-refractivity contribution in [2.24, 2.45) is 4.99 Å². The summed E-state index contributed by atoms with van der Waals surface area (Å²) < 4.78 is 35.1. The third kappa shape index (κ3) is 5.28. The number of nitrogens with zero attached hydrogens (tertiary/aromatic N) is 3. The van der Waals surface area contributed by atoms with Crippen molar-refractivity contribution in [2.45, 2.75) is 63.3 Å². The maximum Gasteiger partial charge on any atom is 0.263 e. The van der Waals surface area contributed by atoms with Crippen LogP contribution >= 0.6 is 0 Å². The molecule has 1 aliphatic carbocycles. The molecule has 1 aliphatic heterocycles. The summed E-state index contributed by atoms with van der Waals surface area (Å²) >= 11 is 0. The number of ether oxygens (including phenoxy) is 1. The fourth-order valence-corrected chi connectivity index (χ4v) is 6.27. The minimum atomic E-state index is -3.71. The van der Waals surface area contributed by atoms with Gasteiger partial charge in [-0.1, -0.05) is 32.3 Å². The highest BCUT2D eigenvalue weighted by molar-refractivity contribution is 7.89. The van der Waals surface area contributed by atoms with Crippen LogP contribution in [0.1, 0.15) is 60.5 Å². The Morgan fingerprint density at radius 3 is 2.52 bits per heavy atom. The first kappa shape index (κ1) is 23.9. The van der Waals surface area contributed by atoms with Crippen LogP contribution in [0.5, 0.6) is 0 Å². The first-order valence-electron chi connectivity index (χ1n) is 11.9. The molecular formula is C25H33N3O4S. The Labute approximate surface area is 196 Å². The van der Waals surface area contributed by atoms with Crippen LogP contribution in [0.4, 0.5) is 0 Å². The predicted octanol–water partition coefficient (Wildman–Crippen LogP) is 3.30. The summed E-state index contributed by atoms with van der Waals surface area (Å²) in [5, 5.41) is 0. The van der Waals surface area contributed by atoms with Gasteiger partial charge in [-0.2, -0.15) is 4.31 Å². The van der Waals surface area contributed by atoms with Gasteiger partial charge >= 0.3 is 0 Å². The highest BCUT2D eigenvalue weighted by Gasteiger charge is 2.29. The lowest BCUT2D eigenvalue weighted by Gasteiger charge is -2.27. The number of pyridine rings is 1. The number of sulfonamides is 1. The zero-order chi connectivity index (χ0) is 23.4. The molecule has 1 aromatic carbocycles. The maximum absolute atomic E-state index is 13.5. The summed E-state index contributed by atoms with van der Waals surface area (Å²) in [7, 11) is -3.71. The van der Waals surface area contributed by atoms with Crippen LogP contribution in [0.3, 0.4) is 0 Å². The van der Waals surface area contributed by atoms with Gasteiger partial charge in [-0.15, -0.1) is 0 Å². The van der Waals surface area contributed by atoms with Crippen molar-refractivity contribution in [3.05, 3.63) is 58.7 Å². The largest absolute Gasteiger partial charge is 0.379 e. The SMILES string of the molecule is CCc1ccc(C(=O)n2ccc(C)cc2=NC2CCCCC2)cc1S(=O)(=O)N1CCOCC1. The van der Waals surface area contributed by atoms with E-state index in [2.05, 4.69) is 0 Å². The van der Waals surface area contributed by atoms with Crippen LogP contribution in [0.15, 0.2) is 46.4 Å². The standard InChI is InChI=1S/C25H33N3O4S/c1-3-20-9-10-21(18-23(20)33(30,31)27-13-15-32-16-14-27)25(29)28-12-11-19(2)17-24(28)26-22-7-5-4-6-8-22/h9-12,17-18,22H,3-8,13-16H2,1-2H3. The molecule has 0 amide bonds. The molecule has 1 aromatic heterocycles. The van der Waals surface area contributed by atoms with E-state index >= 15 is 0 Å². The Balaban J connectivity index is 1.74. The first-order valence-corrected chi connectivity index (χ1v) is 13.3. The Morgan fingerprint density at radius 1 is 1.09 bits per heavy atom. The van der Waals surface area contributed by atoms with Gasteiger partial charge in [-0.25, -0.2) is 8.42 Å². The Hall–Kier alpha value is -2.29. The molecule has 0 radical (unpaired) electrons. The molecule has 8 heteroatoms. The number of rotatable bonds is 5. The highest BCUT2D eigenvalue weighted by atomic mass is 32.2. The summed E-state index contributed by atoms with van der Waals surface area (Å²) in [4.78, 5) is 18.7. The van der Waals surface area contributed by atoms with Gasteiger partial charge in [-0.3, -0.25) is 14.4 Å². The summed E-state index contributed by atoms with van der Waals surface area (Å²) in [6.45, 7) is 5.31. The molecule has 0 spiro atoms. The second kappa shape index (κ2) is 10.3. The second-order valence-electron chi connectivity index (χ2n) is 8.85. The van der Waals surface area contributed by atoms with Gasteiger partial charge < -0.3 is 4.74 Å². The smallest absolute Gasteiger partial charge is 0.263 e. The lowest BCUT2D eigenvalue weighted by molar-refractivity contribution is 0.0730. The van der Waals surface area contributed by atoms with Crippen molar-refractivity contribution in [1.29, 1.82) is 0 Å². The van der Waals surface area contributed by atoms with Gasteiger partial charge in [0.15, 0.2) is 0 Å². The Morgan fingerprint density at radius 2 is 1.82 bits per heavy atom. The van der Waals surface area contributed by atoms with Gasteiger partial charge in [-0.05, 0) is 61.6 Å². The molecule has 0 unspecified atom stereocenters. The zero-order valence-electron chi connectivity index (χ0n) is 19.5. The van der Waals surface area contributed by atoms with Gasteiger partial charge in [0, 0.05) is 24.8 Å². The third-order valence-electron chi connectivity index (χ3n) is 6.48. The molecule has 0 bridgehead atoms. The van der Waals surface area contributed by atoms with Gasteiger partial charge in [0.1, 0.15) is 5.49 Å². The molecule has 2 aliphatic rings. The van der Waals surface area contributed by atoms with E-state index in [9.17, 15) is 13.2 Å². The highest BCUT2D eigenvalue weighted by Crippen LogP contribution is 2.24. The molecule has 0 atom stereocenters. The van der Waals surface area contributed by atoms with E-state index in [1.807, 2.05) is 26.0 Å². The third-order valence-corrected chi connectivity index (χ3v) is 8.46. The summed E-state index contributed by atoms with van der Waals surface area (Å²) in [5.41, 5.74) is 2.71. The van der Waals surface area contributed by atoms with Crippen molar-refractivity contribution in [2.75, 3.05) is 26.3 Å². The number of hydrogen-bond acceptors (Lipinski definition) is 5. The number of carbonyl (C=O) groups is 1. The predicted molar refractivity (Wildman–Crippen MR) is 127 cm³/mol. The maximum atomic E-state index is 13.5. The number of hydrogen-bond donors (Lipinski definition) is 0. The van der Waals surface area contributed by atoms with E-state index in [0.29, 0.717) is 49.3 Å². The van der Waals surface area contributed by atoms with Crippen LogP contribution < -0.4 is 5.49 Å². The average Bonchev–Trinajstić information content (AvgIpc) is 2.84. The van der Waals surface area contributed by atoms with Gasteiger partial charge in [0.2, 0.25) is 10.0 Å². The first-order chi connectivity index (χ1) is 15.9. The molecule has 2 aromatic rings. The molecule has 1 saturated heterocycles. The number of aryl methyl sites for hydroxylation is 2. The fraction of sp³-hybridized carbons (Fsp3) is 0.520. The number of benzene rings is 1. The van der Waals surface area contributed by atoms with Crippen LogP contribution in [0, 0.1) is 6.92 Å². The number of carbonyl (C=O) groups excluding carboxylic acids is 1. The topological polar surface area (TPSA) is 81.0 Å². The monoisotopic (exact) mass is 471 g/mol. The van der Waals surface area contributed by atoms with Crippen molar-refractivity contribution in [3.63, 3.8) is 0 Å². The van der Waals surface area contributed by atoms with E-state index in [1.54, 1.807) is 22.9 Å². The van der Waals surface area contributed by atoms with Crippen LogP contribution in [-0.4, -0.2) is 55.5 Å². The quantitative estimate of drug-likeness (QED) is 0.670. The lowest BCUT2D eigenvalue weighted by atomic mass is 9.96. The van der Waals surface area contributed by atoms with Crippen molar-refractivity contribution >= 4 is 15.9 Å². The van der Waals surface area contributed by atoms with Crippen molar-refractivity contribution in [3.8, 4) is 0 Å². The molecule has 2 heterocycles. The lowest BCUT2D eigenvalue weighted by Crippen LogP contribution is -2.41. The zero-order valence-corrected chi connectivity index (χ0v) is 20.3. The molecule has 33 heavy (non-hydrogen) atoms. The van der Waals surface area contributed by atoms with Crippen LogP contribution in [-0.2, 0) is 21.2 Å². The molecule has 7 nitrogen and oxygen atoms in total. The molecule has 0 N–H and O–H groups in total. The molecule has 4 rings (SSSR count). The van der Waals surface area contributed by atoms with Crippen LogP contribution in [0.2, 0.25) is 0 Å². The van der Waals surface area contributed by atoms with E-state index in [1.165, 1.54) is 16.8 Å². The molecular weight excluding hydrogens is 438 g/mol. The number of aromatic nitrogens is 1. The molecule has 1 saturated carbocycles. The summed E-state index contributed by atoms with van der Waals surface area (Å²) in [6.07, 6.45) is 7.94. The van der Waals surface area contributed by atoms with E-state index in [-0.39, 0.29) is 16.8 Å². The summed E-state index contributed by atoms with van der Waals surface area (Å²) in [6, 6.07) is 9.04. The van der Waals surface area contributed by atoms with E-state index < -0.39 is 10.0 Å². The molecule has 2 fully saturated rings. The van der Waals surface area contributed by atoms with Crippen molar-refractivity contribution in [1.82, 2.24) is 8.87 Å². The van der Waals surface area contributed by atoms with E-state index in [4.69, 9.17) is 9.73 Å². The minimum Gasteiger partial charge on any atom is -0.379 e. The van der Waals surface area contributed by atoms with Gasteiger partial charge in [0.05, 0.1) is 24.2 Å². The second-order valence-corrected chi connectivity index (χ2v) is 10.8. The summed E-state index contributed by atoms with van der Waals surface area (Å²) in [5.74, 6) is -0.273. The fourth-order valence-electron chi connectivity index (χ4n) is 4.54. The number of morpholine rings is 1. The normalized spacial score (nSPS) is 19.0. The van der Waals surface area contributed by atoms with Gasteiger partial charge in [0.25, 0.3) is 5.91 Å². The molecule has 178 valence electrons. The Kier molecular flexibility index (Phi) is 7.46. The average molecular weight is 472 g/mol. The Bertz CT molecular complexity index is 1170. The van der Waals surface area contributed by atoms with E-state index in [0.717, 1.165) is 31.2 Å². The van der Waals surface area contributed by atoms with Crippen molar-refractivity contribution < 1.29 is 17.9 Å². The van der Waals surface area contributed by atoms with Crippen LogP contribution in [0.25, 0.3) is 0 Å². The minimum absolute atomic E-state index is 0.205.